The van der Waals surface area contributed by atoms with Crippen LogP contribution in [0.5, 0.6) is 0 Å². The second kappa shape index (κ2) is 5.85. The Hall–Kier alpha value is -1.87. The summed E-state index contributed by atoms with van der Waals surface area (Å²) in [6.07, 6.45) is 0. The summed E-state index contributed by atoms with van der Waals surface area (Å²) in [6, 6.07) is 13.1. The van der Waals surface area contributed by atoms with Crippen molar-refractivity contribution in [2.45, 2.75) is 6.92 Å². The maximum absolute atomic E-state index is 13.0. The highest BCUT2D eigenvalue weighted by molar-refractivity contribution is 6.34. The van der Waals surface area contributed by atoms with Crippen LogP contribution in [0.15, 0.2) is 48.5 Å². The topological polar surface area (TPSA) is 20.3 Å². The van der Waals surface area contributed by atoms with Crippen molar-refractivity contribution in [3.8, 4) is 0 Å². The van der Waals surface area contributed by atoms with Gasteiger partial charge in [-0.25, -0.2) is 4.39 Å². The summed E-state index contributed by atoms with van der Waals surface area (Å²) in [5, 5.41) is 0.124. The molecule has 0 bridgehead atoms. The first-order valence-corrected chi connectivity index (χ1v) is 6.33. The zero-order valence-corrected chi connectivity index (χ0v) is 11.2. The second-order valence-electron chi connectivity index (χ2n) is 4.01. The van der Waals surface area contributed by atoms with Crippen molar-refractivity contribution in [3.05, 3.63) is 64.9 Å². The quantitative estimate of drug-likeness (QED) is 0.825. The molecule has 0 aliphatic heterocycles. The number of hydrogen-bond acceptors (Lipinski definition) is 1. The van der Waals surface area contributed by atoms with Gasteiger partial charge in [-0.1, -0.05) is 29.8 Å². The van der Waals surface area contributed by atoms with Gasteiger partial charge in [0.15, 0.2) is 0 Å². The van der Waals surface area contributed by atoms with Crippen LogP contribution in [0.2, 0.25) is 5.02 Å². The molecule has 1 amide bonds. The van der Waals surface area contributed by atoms with E-state index in [4.69, 9.17) is 11.6 Å². The number of amides is 1. The van der Waals surface area contributed by atoms with Gasteiger partial charge in [0.05, 0.1) is 10.6 Å². The van der Waals surface area contributed by atoms with E-state index < -0.39 is 5.82 Å². The minimum absolute atomic E-state index is 0.124. The lowest BCUT2D eigenvalue weighted by Gasteiger charge is -2.21. The maximum atomic E-state index is 13.0. The molecule has 0 atom stereocenters. The molecular weight excluding hydrogens is 265 g/mol. The zero-order chi connectivity index (χ0) is 13.8. The Kier molecular flexibility index (Phi) is 4.17. The number of rotatable bonds is 3. The molecule has 0 N–H and O–H groups in total. The van der Waals surface area contributed by atoms with Crippen LogP contribution in [0.3, 0.4) is 0 Å². The van der Waals surface area contributed by atoms with E-state index in [1.54, 1.807) is 4.90 Å². The van der Waals surface area contributed by atoms with Crippen LogP contribution in [0.1, 0.15) is 17.3 Å². The minimum Gasteiger partial charge on any atom is -0.309 e. The Balaban J connectivity index is 2.36. The van der Waals surface area contributed by atoms with Crippen molar-refractivity contribution in [1.82, 2.24) is 0 Å². The van der Waals surface area contributed by atoms with Gasteiger partial charge in [0.1, 0.15) is 5.82 Å². The molecule has 0 aliphatic carbocycles. The first-order chi connectivity index (χ1) is 9.13. The zero-order valence-electron chi connectivity index (χ0n) is 10.4. The van der Waals surface area contributed by atoms with Crippen molar-refractivity contribution in [1.29, 1.82) is 0 Å². The number of para-hydroxylation sites is 1. The van der Waals surface area contributed by atoms with Crippen molar-refractivity contribution < 1.29 is 9.18 Å². The van der Waals surface area contributed by atoms with Crippen LogP contribution in [0, 0.1) is 5.82 Å². The number of nitrogens with zero attached hydrogens (tertiary/aromatic N) is 1. The average molecular weight is 278 g/mol. The molecule has 19 heavy (non-hydrogen) atoms. The molecule has 0 saturated heterocycles. The third kappa shape index (κ3) is 2.93. The molecule has 2 aromatic carbocycles. The first kappa shape index (κ1) is 13.6. The molecular formula is C15H13ClFNO. The summed E-state index contributed by atoms with van der Waals surface area (Å²) >= 11 is 5.93. The van der Waals surface area contributed by atoms with Gasteiger partial charge in [-0.05, 0) is 37.3 Å². The van der Waals surface area contributed by atoms with Crippen LogP contribution in [-0.4, -0.2) is 12.5 Å². The third-order valence-electron chi connectivity index (χ3n) is 2.79. The molecule has 98 valence electrons. The lowest BCUT2D eigenvalue weighted by Crippen LogP contribution is -2.30. The predicted octanol–water partition coefficient (Wildman–Crippen LogP) is 4.15. The highest BCUT2D eigenvalue weighted by Gasteiger charge is 2.18. The maximum Gasteiger partial charge on any atom is 0.259 e. The molecule has 2 rings (SSSR count). The monoisotopic (exact) mass is 277 g/mol. The lowest BCUT2D eigenvalue weighted by atomic mass is 10.1. The molecule has 0 spiro atoms. The van der Waals surface area contributed by atoms with Crippen molar-refractivity contribution in [3.63, 3.8) is 0 Å². The average Bonchev–Trinajstić information content (AvgIpc) is 2.40. The molecule has 0 radical (unpaired) electrons. The predicted molar refractivity (Wildman–Crippen MR) is 75.2 cm³/mol. The number of hydrogen-bond donors (Lipinski definition) is 0. The van der Waals surface area contributed by atoms with E-state index in [1.807, 2.05) is 37.3 Å². The normalized spacial score (nSPS) is 10.3. The Morgan fingerprint density at radius 1 is 1.21 bits per heavy atom. The Morgan fingerprint density at radius 2 is 1.89 bits per heavy atom. The molecule has 0 fully saturated rings. The van der Waals surface area contributed by atoms with Gasteiger partial charge in [0, 0.05) is 12.2 Å². The Bertz CT molecular complexity index is 586. The van der Waals surface area contributed by atoms with E-state index in [9.17, 15) is 9.18 Å². The van der Waals surface area contributed by atoms with E-state index in [-0.39, 0.29) is 10.9 Å². The molecule has 0 heterocycles. The van der Waals surface area contributed by atoms with Gasteiger partial charge in [-0.2, -0.15) is 0 Å². The highest BCUT2D eigenvalue weighted by Crippen LogP contribution is 2.22. The fourth-order valence-corrected chi connectivity index (χ4v) is 2.11. The van der Waals surface area contributed by atoms with Crippen LogP contribution in [0.25, 0.3) is 0 Å². The standard InChI is InChI=1S/C15H13ClFNO/c1-2-18(12-6-4-3-5-7-12)15(19)13-9-8-11(17)10-14(13)16/h3-10H,2H2,1H3. The van der Waals surface area contributed by atoms with Crippen LogP contribution in [0.4, 0.5) is 10.1 Å². The third-order valence-corrected chi connectivity index (χ3v) is 3.10. The van der Waals surface area contributed by atoms with Crippen LogP contribution < -0.4 is 4.90 Å². The van der Waals surface area contributed by atoms with Crippen molar-refractivity contribution >= 4 is 23.2 Å². The smallest absolute Gasteiger partial charge is 0.259 e. The van der Waals surface area contributed by atoms with Gasteiger partial charge in [-0.3, -0.25) is 4.79 Å². The number of benzene rings is 2. The van der Waals surface area contributed by atoms with Gasteiger partial charge in [-0.15, -0.1) is 0 Å². The summed E-state index contributed by atoms with van der Waals surface area (Å²) in [6.45, 7) is 2.39. The first-order valence-electron chi connectivity index (χ1n) is 5.95. The second-order valence-corrected chi connectivity index (χ2v) is 4.42. The van der Waals surface area contributed by atoms with E-state index >= 15 is 0 Å². The summed E-state index contributed by atoms with van der Waals surface area (Å²) in [4.78, 5) is 14.0. The molecule has 0 aliphatic rings. The fourth-order valence-electron chi connectivity index (χ4n) is 1.86. The number of halogens is 2. The summed E-state index contributed by atoms with van der Waals surface area (Å²) < 4.78 is 13.0. The molecule has 0 saturated carbocycles. The summed E-state index contributed by atoms with van der Waals surface area (Å²) in [5.74, 6) is -0.692. The van der Waals surface area contributed by atoms with Crippen LogP contribution in [-0.2, 0) is 0 Å². The minimum atomic E-state index is -0.454. The molecule has 4 heteroatoms. The van der Waals surface area contributed by atoms with Crippen molar-refractivity contribution in [2.24, 2.45) is 0 Å². The number of anilines is 1. The van der Waals surface area contributed by atoms with E-state index in [0.717, 1.165) is 11.8 Å². The number of carbonyl (C=O) groups excluding carboxylic acids is 1. The molecule has 0 aromatic heterocycles. The highest BCUT2D eigenvalue weighted by atomic mass is 35.5. The molecule has 2 nitrogen and oxygen atoms in total. The number of carbonyl (C=O) groups is 1. The van der Waals surface area contributed by atoms with E-state index in [2.05, 4.69) is 0 Å². The fraction of sp³-hybridized carbons (Fsp3) is 0.133. The van der Waals surface area contributed by atoms with Gasteiger partial charge >= 0.3 is 0 Å². The lowest BCUT2D eigenvalue weighted by molar-refractivity contribution is 0.0988. The Labute approximate surface area is 116 Å². The van der Waals surface area contributed by atoms with Crippen molar-refractivity contribution in [2.75, 3.05) is 11.4 Å². The largest absolute Gasteiger partial charge is 0.309 e. The van der Waals surface area contributed by atoms with Gasteiger partial charge < -0.3 is 4.90 Å². The molecule has 0 unspecified atom stereocenters. The molecule has 2 aromatic rings. The van der Waals surface area contributed by atoms with E-state index in [0.29, 0.717) is 12.1 Å². The van der Waals surface area contributed by atoms with Crippen LogP contribution >= 0.6 is 11.6 Å². The Morgan fingerprint density at radius 3 is 2.47 bits per heavy atom. The summed E-state index contributed by atoms with van der Waals surface area (Å²) in [7, 11) is 0. The van der Waals surface area contributed by atoms with E-state index in [1.165, 1.54) is 12.1 Å². The SMILES string of the molecule is CCN(C(=O)c1ccc(F)cc1Cl)c1ccccc1. The van der Waals surface area contributed by atoms with Gasteiger partial charge in [0.25, 0.3) is 5.91 Å². The van der Waals surface area contributed by atoms with Gasteiger partial charge in [0.2, 0.25) is 0 Å². The summed E-state index contributed by atoms with van der Waals surface area (Å²) in [5.41, 5.74) is 1.09.